The van der Waals surface area contributed by atoms with Crippen LogP contribution in [0.3, 0.4) is 0 Å². The fourth-order valence-corrected chi connectivity index (χ4v) is 2.30. The first-order valence-corrected chi connectivity index (χ1v) is 7.04. The van der Waals surface area contributed by atoms with Crippen molar-refractivity contribution in [3.05, 3.63) is 46.5 Å². The van der Waals surface area contributed by atoms with Crippen molar-refractivity contribution in [2.45, 2.75) is 13.8 Å². The molecule has 5 N–H and O–H groups in total. The van der Waals surface area contributed by atoms with Gasteiger partial charge in [0.05, 0.1) is 6.61 Å². The fourth-order valence-electron chi connectivity index (χ4n) is 1.53. The third-order valence-corrected chi connectivity index (χ3v) is 3.23. The van der Waals surface area contributed by atoms with Gasteiger partial charge in [0, 0.05) is 17.0 Å². The van der Waals surface area contributed by atoms with Crippen LogP contribution >= 0.6 is 11.3 Å². The van der Waals surface area contributed by atoms with Crippen LogP contribution in [-0.4, -0.2) is 17.8 Å². The Morgan fingerprint density at radius 1 is 1.60 bits per heavy atom. The summed E-state index contributed by atoms with van der Waals surface area (Å²) in [6.07, 6.45) is 8.80. The van der Waals surface area contributed by atoms with Crippen LogP contribution < -0.4 is 11.2 Å². The first kappa shape index (κ1) is 16.2. The van der Waals surface area contributed by atoms with Crippen LogP contribution in [-0.2, 0) is 4.74 Å². The molecular formula is C14H19N2O3S+. The zero-order valence-corrected chi connectivity index (χ0v) is 12.3. The van der Waals surface area contributed by atoms with Gasteiger partial charge in [-0.05, 0) is 19.9 Å². The standard InChI is InChI=1S/C14H18N2O3S/c1-3-6-11(16-18)8-5-7-10-9-20-13(15)12(10)14(17)19-4-2/h3,5-9,16,18H,4,15H2,1-2H3/p+1/b6-3-,7-5+,11-8+. The predicted octanol–water partition coefficient (Wildman–Crippen LogP) is 1.93. The van der Waals surface area contributed by atoms with Crippen LogP contribution in [0.1, 0.15) is 29.8 Å². The number of esters is 1. The van der Waals surface area contributed by atoms with Crippen LogP contribution in [0.2, 0.25) is 0 Å². The molecule has 6 heteroatoms. The molecule has 0 saturated carbocycles. The van der Waals surface area contributed by atoms with Crippen LogP contribution in [0.15, 0.2) is 35.4 Å². The third-order valence-electron chi connectivity index (χ3n) is 2.40. The largest absolute Gasteiger partial charge is 0.462 e. The molecule has 0 unspecified atom stereocenters. The quantitative estimate of drug-likeness (QED) is 0.425. The van der Waals surface area contributed by atoms with Crippen molar-refractivity contribution in [2.75, 3.05) is 12.3 Å². The Bertz CT molecular complexity index is 545. The van der Waals surface area contributed by atoms with E-state index in [1.807, 2.05) is 13.0 Å². The number of quaternary nitrogens is 1. The summed E-state index contributed by atoms with van der Waals surface area (Å²) in [5, 5.41) is 11.2. The number of nitrogen functional groups attached to an aromatic ring is 1. The van der Waals surface area contributed by atoms with Crippen molar-refractivity contribution in [2.24, 2.45) is 0 Å². The Morgan fingerprint density at radius 2 is 2.35 bits per heavy atom. The van der Waals surface area contributed by atoms with Gasteiger partial charge in [0.25, 0.3) is 0 Å². The van der Waals surface area contributed by atoms with Gasteiger partial charge >= 0.3 is 5.97 Å². The highest BCUT2D eigenvalue weighted by Gasteiger charge is 2.16. The molecule has 5 nitrogen and oxygen atoms in total. The van der Waals surface area contributed by atoms with Gasteiger partial charge in [-0.25, -0.2) is 10.0 Å². The van der Waals surface area contributed by atoms with Crippen molar-refractivity contribution in [3.8, 4) is 0 Å². The van der Waals surface area contributed by atoms with Crippen molar-refractivity contribution in [1.29, 1.82) is 0 Å². The average molecular weight is 295 g/mol. The van der Waals surface area contributed by atoms with E-state index < -0.39 is 5.97 Å². The van der Waals surface area contributed by atoms with E-state index in [1.165, 1.54) is 11.3 Å². The summed E-state index contributed by atoms with van der Waals surface area (Å²) >= 11 is 1.29. The topological polar surface area (TPSA) is 89.2 Å². The molecule has 0 saturated heterocycles. The van der Waals surface area contributed by atoms with E-state index in [0.717, 1.165) is 5.48 Å². The second-order valence-corrected chi connectivity index (χ2v) is 4.72. The molecular weight excluding hydrogens is 276 g/mol. The molecule has 1 rings (SSSR count). The molecule has 0 aliphatic carbocycles. The summed E-state index contributed by atoms with van der Waals surface area (Å²) in [7, 11) is 0. The molecule has 0 aromatic carbocycles. The maximum absolute atomic E-state index is 11.8. The molecule has 0 spiro atoms. The number of hydrogen-bond donors (Lipinski definition) is 3. The molecule has 1 aromatic rings. The lowest BCUT2D eigenvalue weighted by atomic mass is 10.1. The summed E-state index contributed by atoms with van der Waals surface area (Å²) in [5.74, 6) is -0.419. The minimum absolute atomic E-state index is 0.308. The number of ether oxygens (including phenoxy) is 1. The monoisotopic (exact) mass is 295 g/mol. The number of hydroxylamine groups is 1. The second kappa shape index (κ2) is 8.31. The van der Waals surface area contributed by atoms with Gasteiger partial charge in [0.1, 0.15) is 10.6 Å². The Hall–Kier alpha value is -1.89. The minimum Gasteiger partial charge on any atom is -0.462 e. The molecule has 0 atom stereocenters. The maximum atomic E-state index is 11.8. The summed E-state index contributed by atoms with van der Waals surface area (Å²) in [6, 6.07) is 0. The SMILES string of the molecule is C\C=C/C(=C\C=C\c1csc(N)c1C(=O)OCC)[NH2+]O. The summed E-state index contributed by atoms with van der Waals surface area (Å²) in [5.41, 5.74) is 8.56. The number of hydrogen-bond acceptors (Lipinski definition) is 5. The second-order valence-electron chi connectivity index (χ2n) is 3.81. The summed E-state index contributed by atoms with van der Waals surface area (Å²) < 4.78 is 4.98. The summed E-state index contributed by atoms with van der Waals surface area (Å²) in [6.45, 7) is 3.92. The molecule has 0 aliphatic heterocycles. The zero-order chi connectivity index (χ0) is 15.0. The van der Waals surface area contributed by atoms with E-state index in [4.69, 9.17) is 15.7 Å². The molecule has 1 heterocycles. The number of carbonyl (C=O) groups excluding carboxylic acids is 1. The highest BCUT2D eigenvalue weighted by atomic mass is 32.1. The van der Waals surface area contributed by atoms with Crippen LogP contribution in [0.5, 0.6) is 0 Å². The highest BCUT2D eigenvalue weighted by molar-refractivity contribution is 7.14. The van der Waals surface area contributed by atoms with Crippen LogP contribution in [0, 0.1) is 0 Å². The van der Waals surface area contributed by atoms with Gasteiger partial charge in [-0.1, -0.05) is 18.2 Å². The van der Waals surface area contributed by atoms with E-state index >= 15 is 0 Å². The minimum atomic E-state index is -0.419. The van der Waals surface area contributed by atoms with E-state index in [9.17, 15) is 4.79 Å². The molecule has 0 radical (unpaired) electrons. The number of anilines is 1. The van der Waals surface area contributed by atoms with Gasteiger partial charge in [0.15, 0.2) is 5.70 Å². The lowest BCUT2D eigenvalue weighted by molar-refractivity contribution is -0.848. The van der Waals surface area contributed by atoms with Gasteiger partial charge in [-0.15, -0.1) is 11.3 Å². The number of allylic oxidation sites excluding steroid dienone is 4. The van der Waals surface area contributed by atoms with Crippen molar-refractivity contribution in [1.82, 2.24) is 0 Å². The Kier molecular flexibility index (Phi) is 6.72. The smallest absolute Gasteiger partial charge is 0.341 e. The lowest BCUT2D eigenvalue weighted by Crippen LogP contribution is -2.77. The van der Waals surface area contributed by atoms with Crippen LogP contribution in [0.4, 0.5) is 5.00 Å². The molecule has 1 aromatic heterocycles. The number of rotatable bonds is 6. The Morgan fingerprint density at radius 3 is 2.95 bits per heavy atom. The first-order chi connectivity index (χ1) is 9.63. The molecule has 20 heavy (non-hydrogen) atoms. The zero-order valence-electron chi connectivity index (χ0n) is 11.5. The van der Waals surface area contributed by atoms with E-state index in [2.05, 4.69) is 0 Å². The molecule has 0 aliphatic rings. The molecule has 108 valence electrons. The summed E-state index contributed by atoms with van der Waals surface area (Å²) in [4.78, 5) is 11.8. The van der Waals surface area contributed by atoms with Crippen molar-refractivity contribution >= 4 is 28.4 Å². The van der Waals surface area contributed by atoms with Gasteiger partial charge < -0.3 is 10.5 Å². The van der Waals surface area contributed by atoms with E-state index in [1.54, 1.807) is 36.6 Å². The number of nitrogens with two attached hydrogens (primary N) is 2. The highest BCUT2D eigenvalue weighted by Crippen LogP contribution is 2.27. The van der Waals surface area contributed by atoms with Crippen molar-refractivity contribution in [3.63, 3.8) is 0 Å². The maximum Gasteiger partial charge on any atom is 0.341 e. The van der Waals surface area contributed by atoms with Crippen LogP contribution in [0.25, 0.3) is 6.08 Å². The Labute approximate surface area is 122 Å². The predicted molar refractivity (Wildman–Crippen MR) is 80.3 cm³/mol. The normalized spacial score (nSPS) is 12.4. The van der Waals surface area contributed by atoms with Gasteiger partial charge in [-0.2, -0.15) is 5.48 Å². The number of thiophene rings is 1. The van der Waals surface area contributed by atoms with E-state index in [0.29, 0.717) is 28.4 Å². The van der Waals surface area contributed by atoms with E-state index in [-0.39, 0.29) is 0 Å². The molecule has 0 amide bonds. The molecule has 0 fully saturated rings. The average Bonchev–Trinajstić information content (AvgIpc) is 2.79. The third kappa shape index (κ3) is 4.34. The molecule has 0 bridgehead atoms. The van der Waals surface area contributed by atoms with Gasteiger partial charge in [0.2, 0.25) is 0 Å². The number of carbonyl (C=O) groups is 1. The fraction of sp³-hybridized carbons (Fsp3) is 0.214. The Balaban J connectivity index is 2.96. The first-order valence-electron chi connectivity index (χ1n) is 6.16. The lowest BCUT2D eigenvalue weighted by Gasteiger charge is -2.01. The van der Waals surface area contributed by atoms with Crippen molar-refractivity contribution < 1.29 is 20.2 Å². The van der Waals surface area contributed by atoms with Gasteiger partial charge in [-0.3, -0.25) is 0 Å².